The molecule has 2 heterocycles. The molecule has 25 heavy (non-hydrogen) atoms. The van der Waals surface area contributed by atoms with E-state index in [1.165, 1.54) is 16.0 Å². The second-order valence-corrected chi connectivity index (χ2v) is 7.23. The van der Waals surface area contributed by atoms with Crippen LogP contribution < -0.4 is 5.32 Å². The third kappa shape index (κ3) is 5.04. The number of hydrogen-bond donors (Lipinski definition) is 1. The van der Waals surface area contributed by atoms with Gasteiger partial charge in [-0.05, 0) is 31.4 Å². The summed E-state index contributed by atoms with van der Waals surface area (Å²) in [6.45, 7) is 6.78. The molecule has 2 aromatic rings. The van der Waals surface area contributed by atoms with Crippen molar-refractivity contribution >= 4 is 46.8 Å². The first-order valence-electron chi connectivity index (χ1n) is 8.30. The average molecular weight is 468 g/mol. The van der Waals surface area contributed by atoms with Gasteiger partial charge >= 0.3 is 0 Å². The van der Waals surface area contributed by atoms with Crippen molar-refractivity contribution in [3.63, 3.8) is 0 Å². The van der Waals surface area contributed by atoms with Gasteiger partial charge in [-0.15, -0.1) is 35.3 Å². The monoisotopic (exact) mass is 468 g/mol. The van der Waals surface area contributed by atoms with Crippen LogP contribution in [0.1, 0.15) is 27.6 Å². The number of aromatic nitrogens is 1. The van der Waals surface area contributed by atoms with Crippen molar-refractivity contribution in [2.45, 2.75) is 26.8 Å². The van der Waals surface area contributed by atoms with E-state index >= 15 is 0 Å². The molecule has 1 aliphatic rings. The van der Waals surface area contributed by atoms with Gasteiger partial charge in [0, 0.05) is 25.0 Å². The Morgan fingerprint density at radius 2 is 2.04 bits per heavy atom. The zero-order valence-electron chi connectivity index (χ0n) is 15.0. The molecule has 134 valence electrons. The molecule has 0 saturated heterocycles. The summed E-state index contributed by atoms with van der Waals surface area (Å²) in [5.41, 5.74) is 3.88. The predicted molar refractivity (Wildman–Crippen MR) is 118 cm³/mol. The normalized spacial score (nSPS) is 14.8. The first-order valence-corrected chi connectivity index (χ1v) is 9.12. The number of thiazole rings is 1. The minimum atomic E-state index is 0. The molecule has 1 N–H and O–H groups in total. The van der Waals surface area contributed by atoms with Crippen LogP contribution in [0, 0.1) is 13.8 Å². The highest BCUT2D eigenvalue weighted by molar-refractivity contribution is 14.0. The van der Waals surface area contributed by atoms with Crippen LogP contribution in [0.15, 0.2) is 41.4 Å². The van der Waals surface area contributed by atoms with E-state index in [0.29, 0.717) is 0 Å². The maximum absolute atomic E-state index is 4.58. The zero-order valence-corrected chi connectivity index (χ0v) is 18.1. The van der Waals surface area contributed by atoms with E-state index in [4.69, 9.17) is 0 Å². The van der Waals surface area contributed by atoms with E-state index in [0.717, 1.165) is 42.7 Å². The third-order valence-corrected chi connectivity index (χ3v) is 5.41. The van der Waals surface area contributed by atoms with Crippen LogP contribution in [-0.2, 0) is 6.54 Å². The Bertz CT molecular complexity index is 733. The van der Waals surface area contributed by atoms with Gasteiger partial charge in [0.25, 0.3) is 0 Å². The lowest BCUT2D eigenvalue weighted by atomic mass is 10.00. The number of rotatable bonds is 3. The summed E-state index contributed by atoms with van der Waals surface area (Å²) in [4.78, 5) is 12.6. The van der Waals surface area contributed by atoms with Crippen LogP contribution in [0.2, 0.25) is 0 Å². The lowest BCUT2D eigenvalue weighted by Gasteiger charge is -2.29. The van der Waals surface area contributed by atoms with E-state index in [1.807, 2.05) is 7.05 Å². The highest BCUT2D eigenvalue weighted by Gasteiger charge is 2.16. The molecule has 0 saturated carbocycles. The summed E-state index contributed by atoms with van der Waals surface area (Å²) in [6, 6.07) is 10.6. The van der Waals surface area contributed by atoms with Crippen LogP contribution in [0.25, 0.3) is 5.57 Å². The van der Waals surface area contributed by atoms with E-state index < -0.39 is 0 Å². The smallest absolute Gasteiger partial charge is 0.194 e. The molecule has 0 amide bonds. The highest BCUT2D eigenvalue weighted by atomic mass is 127. The minimum absolute atomic E-state index is 0. The minimum Gasteiger partial charge on any atom is -0.350 e. The molecule has 1 aromatic carbocycles. The first kappa shape index (κ1) is 19.9. The highest BCUT2D eigenvalue weighted by Crippen LogP contribution is 2.22. The zero-order chi connectivity index (χ0) is 16.9. The number of halogens is 1. The summed E-state index contributed by atoms with van der Waals surface area (Å²) >= 11 is 1.75. The Kier molecular flexibility index (Phi) is 7.43. The van der Waals surface area contributed by atoms with Crippen LogP contribution in [0.3, 0.4) is 0 Å². The maximum Gasteiger partial charge on any atom is 0.194 e. The topological polar surface area (TPSA) is 40.5 Å². The molecule has 0 radical (unpaired) electrons. The van der Waals surface area contributed by atoms with Gasteiger partial charge in [-0.2, -0.15) is 0 Å². The van der Waals surface area contributed by atoms with Crippen molar-refractivity contribution in [3.05, 3.63) is 57.6 Å². The molecule has 0 aliphatic carbocycles. The lowest BCUT2D eigenvalue weighted by Crippen LogP contribution is -2.43. The predicted octanol–water partition coefficient (Wildman–Crippen LogP) is 4.24. The molecule has 3 rings (SSSR count). The van der Waals surface area contributed by atoms with Crippen molar-refractivity contribution in [1.29, 1.82) is 0 Å². The van der Waals surface area contributed by atoms with Crippen molar-refractivity contribution in [2.75, 3.05) is 20.1 Å². The fourth-order valence-electron chi connectivity index (χ4n) is 2.88. The van der Waals surface area contributed by atoms with Crippen LogP contribution in [0.5, 0.6) is 0 Å². The molecule has 0 fully saturated rings. The van der Waals surface area contributed by atoms with Gasteiger partial charge < -0.3 is 10.2 Å². The summed E-state index contributed by atoms with van der Waals surface area (Å²) in [5, 5.41) is 4.56. The number of hydrogen-bond acceptors (Lipinski definition) is 3. The number of nitrogens with zero attached hydrogens (tertiary/aromatic N) is 3. The van der Waals surface area contributed by atoms with E-state index in [2.05, 4.69) is 70.4 Å². The fraction of sp³-hybridized carbons (Fsp3) is 0.368. The van der Waals surface area contributed by atoms with Crippen LogP contribution in [-0.4, -0.2) is 36.0 Å². The van der Waals surface area contributed by atoms with Gasteiger partial charge in [0.05, 0.1) is 12.2 Å². The van der Waals surface area contributed by atoms with Crippen molar-refractivity contribution in [2.24, 2.45) is 4.99 Å². The fourth-order valence-corrected chi connectivity index (χ4v) is 3.75. The van der Waals surface area contributed by atoms with Crippen molar-refractivity contribution < 1.29 is 0 Å². The standard InChI is InChI=1S/C19H24N4S.HI/c1-14-15(2)24-18(22-14)13-21-19(20-3)23-11-9-17(10-12-23)16-7-5-4-6-8-16;/h4-9H,10-13H2,1-3H3,(H,20,21);1H. The van der Waals surface area contributed by atoms with Gasteiger partial charge in [-0.1, -0.05) is 36.4 Å². The third-order valence-electron chi connectivity index (χ3n) is 4.34. The Morgan fingerprint density at radius 1 is 1.28 bits per heavy atom. The van der Waals surface area contributed by atoms with Gasteiger partial charge in [0.2, 0.25) is 0 Å². The van der Waals surface area contributed by atoms with E-state index in [-0.39, 0.29) is 24.0 Å². The van der Waals surface area contributed by atoms with Gasteiger partial charge in [-0.25, -0.2) is 4.98 Å². The molecular weight excluding hydrogens is 443 g/mol. The summed E-state index contributed by atoms with van der Waals surface area (Å²) < 4.78 is 0. The van der Waals surface area contributed by atoms with Crippen molar-refractivity contribution in [1.82, 2.24) is 15.2 Å². The number of guanidine groups is 1. The second kappa shape index (κ2) is 9.33. The number of benzene rings is 1. The van der Waals surface area contributed by atoms with Crippen LogP contribution in [0.4, 0.5) is 0 Å². The number of aryl methyl sites for hydroxylation is 2. The van der Waals surface area contributed by atoms with E-state index in [9.17, 15) is 0 Å². The number of nitrogens with one attached hydrogen (secondary N) is 1. The van der Waals surface area contributed by atoms with Crippen LogP contribution >= 0.6 is 35.3 Å². The molecule has 0 unspecified atom stereocenters. The van der Waals surface area contributed by atoms with E-state index in [1.54, 1.807) is 11.3 Å². The van der Waals surface area contributed by atoms with Gasteiger partial charge in [-0.3, -0.25) is 4.99 Å². The van der Waals surface area contributed by atoms with Crippen molar-refractivity contribution in [3.8, 4) is 0 Å². The van der Waals surface area contributed by atoms with Gasteiger partial charge in [0.1, 0.15) is 5.01 Å². The largest absolute Gasteiger partial charge is 0.350 e. The molecule has 0 spiro atoms. The summed E-state index contributed by atoms with van der Waals surface area (Å²) in [5.74, 6) is 0.948. The molecule has 1 aromatic heterocycles. The molecular formula is C19H25IN4S. The lowest BCUT2D eigenvalue weighted by molar-refractivity contribution is 0.439. The van der Waals surface area contributed by atoms with Gasteiger partial charge in [0.15, 0.2) is 5.96 Å². The Hall–Kier alpha value is -1.41. The SMILES string of the molecule is CN=C(NCc1nc(C)c(C)s1)N1CC=C(c2ccccc2)CC1.I. The number of aliphatic imine (C=N–C) groups is 1. The molecule has 1 aliphatic heterocycles. The maximum atomic E-state index is 4.58. The summed E-state index contributed by atoms with van der Waals surface area (Å²) in [7, 11) is 1.84. The second-order valence-electron chi connectivity index (χ2n) is 5.94. The molecule has 0 atom stereocenters. The Balaban J connectivity index is 0.00000225. The quantitative estimate of drug-likeness (QED) is 0.416. The average Bonchev–Trinajstić information content (AvgIpc) is 2.95. The Labute approximate surface area is 171 Å². The first-order chi connectivity index (χ1) is 11.7. The molecule has 4 nitrogen and oxygen atoms in total. The Morgan fingerprint density at radius 3 is 2.60 bits per heavy atom. The summed E-state index contributed by atoms with van der Waals surface area (Å²) in [6.07, 6.45) is 3.35. The molecule has 6 heteroatoms. The molecule has 0 bridgehead atoms.